The van der Waals surface area contributed by atoms with Crippen molar-refractivity contribution in [3.05, 3.63) is 28.8 Å². The SMILES string of the molecule is CCC(CCC(C)=O)c1cc(C)cc(C)c1OC. The molecule has 0 aliphatic carbocycles. The lowest BCUT2D eigenvalue weighted by Crippen LogP contribution is -2.05. The Bertz CT molecular complexity index is 421. The fourth-order valence-corrected chi connectivity index (χ4v) is 2.53. The van der Waals surface area contributed by atoms with Crippen LogP contribution in [-0.2, 0) is 4.79 Å². The van der Waals surface area contributed by atoms with Crippen molar-refractivity contribution in [3.8, 4) is 5.75 Å². The Labute approximate surface area is 110 Å². The second kappa shape index (κ2) is 6.58. The molecule has 0 aliphatic heterocycles. The quantitative estimate of drug-likeness (QED) is 0.755. The third-order valence-electron chi connectivity index (χ3n) is 3.43. The van der Waals surface area contributed by atoms with Crippen LogP contribution in [0, 0.1) is 13.8 Å². The van der Waals surface area contributed by atoms with E-state index < -0.39 is 0 Å². The van der Waals surface area contributed by atoms with E-state index in [-0.39, 0.29) is 5.78 Å². The summed E-state index contributed by atoms with van der Waals surface area (Å²) >= 11 is 0. The zero-order chi connectivity index (χ0) is 13.7. The minimum absolute atomic E-state index is 0.261. The Kier molecular flexibility index (Phi) is 5.39. The van der Waals surface area contributed by atoms with Crippen LogP contribution in [0.1, 0.15) is 55.7 Å². The van der Waals surface area contributed by atoms with E-state index in [9.17, 15) is 4.79 Å². The molecule has 1 aromatic carbocycles. The molecule has 0 N–H and O–H groups in total. The Morgan fingerprint density at radius 1 is 1.33 bits per heavy atom. The van der Waals surface area contributed by atoms with Crippen LogP contribution in [-0.4, -0.2) is 12.9 Å². The van der Waals surface area contributed by atoms with Crippen molar-refractivity contribution in [1.82, 2.24) is 0 Å². The van der Waals surface area contributed by atoms with Crippen LogP contribution < -0.4 is 4.74 Å². The molecule has 1 aromatic rings. The molecule has 2 nitrogen and oxygen atoms in total. The molecule has 100 valence electrons. The average Bonchev–Trinajstić information content (AvgIpc) is 2.29. The third-order valence-corrected chi connectivity index (χ3v) is 3.43. The van der Waals surface area contributed by atoms with E-state index in [1.165, 1.54) is 16.7 Å². The summed E-state index contributed by atoms with van der Waals surface area (Å²) < 4.78 is 5.54. The molecule has 0 saturated carbocycles. The molecule has 0 heterocycles. The first-order chi connectivity index (χ1) is 8.49. The van der Waals surface area contributed by atoms with Gasteiger partial charge in [-0.05, 0) is 50.7 Å². The molecule has 18 heavy (non-hydrogen) atoms. The van der Waals surface area contributed by atoms with Gasteiger partial charge in [-0.2, -0.15) is 0 Å². The predicted octanol–water partition coefficient (Wildman–Crippen LogP) is 4.17. The van der Waals surface area contributed by atoms with E-state index in [0.717, 1.165) is 18.6 Å². The number of carbonyl (C=O) groups is 1. The number of hydrogen-bond acceptors (Lipinski definition) is 2. The van der Waals surface area contributed by atoms with Gasteiger partial charge in [0.2, 0.25) is 0 Å². The summed E-state index contributed by atoms with van der Waals surface area (Å²) in [5.41, 5.74) is 3.68. The highest BCUT2D eigenvalue weighted by molar-refractivity contribution is 5.75. The summed E-state index contributed by atoms with van der Waals surface area (Å²) in [5.74, 6) is 1.65. The Hall–Kier alpha value is -1.31. The maximum atomic E-state index is 11.2. The van der Waals surface area contributed by atoms with Gasteiger partial charge >= 0.3 is 0 Å². The number of aryl methyl sites for hydroxylation is 2. The van der Waals surface area contributed by atoms with Gasteiger partial charge in [0.05, 0.1) is 7.11 Å². The monoisotopic (exact) mass is 248 g/mol. The largest absolute Gasteiger partial charge is 0.496 e. The van der Waals surface area contributed by atoms with Gasteiger partial charge < -0.3 is 9.53 Å². The van der Waals surface area contributed by atoms with Crippen molar-refractivity contribution >= 4 is 5.78 Å². The third kappa shape index (κ3) is 3.59. The first kappa shape index (κ1) is 14.7. The molecule has 0 radical (unpaired) electrons. The molecule has 0 aliphatic rings. The lowest BCUT2D eigenvalue weighted by molar-refractivity contribution is -0.117. The van der Waals surface area contributed by atoms with Crippen molar-refractivity contribution in [2.24, 2.45) is 0 Å². The lowest BCUT2D eigenvalue weighted by Gasteiger charge is -2.20. The molecule has 0 amide bonds. The van der Waals surface area contributed by atoms with Gasteiger partial charge in [0.25, 0.3) is 0 Å². The van der Waals surface area contributed by atoms with E-state index in [0.29, 0.717) is 12.3 Å². The Morgan fingerprint density at radius 3 is 2.50 bits per heavy atom. The number of ketones is 1. The summed E-state index contributed by atoms with van der Waals surface area (Å²) in [5, 5.41) is 0. The molecular weight excluding hydrogens is 224 g/mol. The van der Waals surface area contributed by atoms with E-state index >= 15 is 0 Å². The first-order valence-corrected chi connectivity index (χ1v) is 6.64. The molecule has 1 unspecified atom stereocenters. The molecule has 1 atom stereocenters. The Morgan fingerprint density at radius 2 is 2.00 bits per heavy atom. The van der Waals surface area contributed by atoms with Crippen LogP contribution >= 0.6 is 0 Å². The van der Waals surface area contributed by atoms with Crippen LogP contribution in [0.5, 0.6) is 5.75 Å². The van der Waals surface area contributed by atoms with E-state index in [4.69, 9.17) is 4.74 Å². The number of hydrogen-bond donors (Lipinski definition) is 0. The van der Waals surface area contributed by atoms with Crippen LogP contribution in [0.4, 0.5) is 0 Å². The molecule has 0 aromatic heterocycles. The van der Waals surface area contributed by atoms with Crippen molar-refractivity contribution in [2.45, 2.75) is 52.9 Å². The van der Waals surface area contributed by atoms with Crippen LogP contribution in [0.15, 0.2) is 12.1 Å². The van der Waals surface area contributed by atoms with Crippen molar-refractivity contribution < 1.29 is 9.53 Å². The molecule has 0 saturated heterocycles. The number of methoxy groups -OCH3 is 1. The predicted molar refractivity (Wildman–Crippen MR) is 75.4 cm³/mol. The average molecular weight is 248 g/mol. The molecule has 0 fully saturated rings. The normalized spacial score (nSPS) is 12.3. The molecular formula is C16H24O2. The lowest BCUT2D eigenvalue weighted by atomic mass is 9.88. The molecule has 2 heteroatoms. The number of ether oxygens (including phenoxy) is 1. The second-order valence-corrected chi connectivity index (χ2v) is 5.05. The van der Waals surface area contributed by atoms with Crippen molar-refractivity contribution in [2.75, 3.05) is 7.11 Å². The number of benzene rings is 1. The first-order valence-electron chi connectivity index (χ1n) is 6.64. The standard InChI is InChI=1S/C16H24O2/c1-6-14(8-7-13(4)17)15-10-11(2)9-12(3)16(15)18-5/h9-10,14H,6-8H2,1-5H3. The smallest absolute Gasteiger partial charge is 0.129 e. The van der Waals surface area contributed by atoms with Gasteiger partial charge in [0.1, 0.15) is 11.5 Å². The maximum absolute atomic E-state index is 11.2. The summed E-state index contributed by atoms with van der Waals surface area (Å²) in [6, 6.07) is 4.33. The minimum Gasteiger partial charge on any atom is -0.496 e. The number of carbonyl (C=O) groups excluding carboxylic acids is 1. The fraction of sp³-hybridized carbons (Fsp3) is 0.562. The van der Waals surface area contributed by atoms with Gasteiger partial charge in [-0.3, -0.25) is 0 Å². The van der Waals surface area contributed by atoms with Crippen LogP contribution in [0.3, 0.4) is 0 Å². The maximum Gasteiger partial charge on any atom is 0.129 e. The zero-order valence-corrected chi connectivity index (χ0v) is 12.2. The van der Waals surface area contributed by atoms with Gasteiger partial charge in [0.15, 0.2) is 0 Å². The highest BCUT2D eigenvalue weighted by Crippen LogP contribution is 2.35. The van der Waals surface area contributed by atoms with E-state index in [2.05, 4.69) is 32.9 Å². The van der Waals surface area contributed by atoms with E-state index in [1.807, 2.05) is 0 Å². The number of rotatable bonds is 6. The molecule has 1 rings (SSSR count). The topological polar surface area (TPSA) is 26.3 Å². The summed E-state index contributed by atoms with van der Waals surface area (Å²) in [4.78, 5) is 11.2. The minimum atomic E-state index is 0.261. The van der Waals surface area contributed by atoms with Gasteiger partial charge in [-0.15, -0.1) is 0 Å². The van der Waals surface area contributed by atoms with Gasteiger partial charge in [-0.25, -0.2) is 0 Å². The van der Waals surface area contributed by atoms with Gasteiger partial charge in [0, 0.05) is 6.42 Å². The summed E-state index contributed by atoms with van der Waals surface area (Å²) in [6.07, 6.45) is 2.59. The van der Waals surface area contributed by atoms with Crippen molar-refractivity contribution in [3.63, 3.8) is 0 Å². The molecule has 0 bridgehead atoms. The van der Waals surface area contributed by atoms with Crippen molar-refractivity contribution in [1.29, 1.82) is 0 Å². The highest BCUT2D eigenvalue weighted by atomic mass is 16.5. The molecule has 0 spiro atoms. The summed E-state index contributed by atoms with van der Waals surface area (Å²) in [7, 11) is 1.72. The van der Waals surface area contributed by atoms with Crippen LogP contribution in [0.25, 0.3) is 0 Å². The van der Waals surface area contributed by atoms with Gasteiger partial charge in [-0.1, -0.05) is 24.6 Å². The zero-order valence-electron chi connectivity index (χ0n) is 12.2. The summed E-state index contributed by atoms with van der Waals surface area (Å²) in [6.45, 7) is 8.01. The van der Waals surface area contributed by atoms with Crippen LogP contribution in [0.2, 0.25) is 0 Å². The van der Waals surface area contributed by atoms with E-state index in [1.54, 1.807) is 14.0 Å². The number of Topliss-reactive ketones (excluding diaryl/α,β-unsaturated/α-hetero) is 1. The second-order valence-electron chi connectivity index (χ2n) is 5.05. The fourth-order valence-electron chi connectivity index (χ4n) is 2.53. The highest BCUT2D eigenvalue weighted by Gasteiger charge is 2.17. The Balaban J connectivity index is 3.07.